The molecule has 1 aliphatic heterocycles. The van der Waals surface area contributed by atoms with E-state index in [1.807, 2.05) is 11.6 Å². The lowest BCUT2D eigenvalue weighted by Crippen LogP contribution is -2.39. The van der Waals surface area contributed by atoms with Crippen LogP contribution in [0.5, 0.6) is 0 Å². The molecule has 1 aliphatic rings. The SMILES string of the molecule is NC1CCN(c2nccs2)CC1. The molecule has 2 heterocycles. The van der Waals surface area contributed by atoms with Crippen molar-refractivity contribution >= 4 is 16.5 Å². The topological polar surface area (TPSA) is 42.1 Å². The lowest BCUT2D eigenvalue weighted by atomic mass is 10.1. The molecule has 1 saturated heterocycles. The summed E-state index contributed by atoms with van der Waals surface area (Å²) in [6.45, 7) is 2.13. The molecule has 3 nitrogen and oxygen atoms in total. The minimum absolute atomic E-state index is 0.404. The van der Waals surface area contributed by atoms with Crippen molar-refractivity contribution in [3.05, 3.63) is 11.6 Å². The maximum Gasteiger partial charge on any atom is 0.185 e. The summed E-state index contributed by atoms with van der Waals surface area (Å²) in [5.74, 6) is 0. The minimum atomic E-state index is 0.404. The van der Waals surface area contributed by atoms with E-state index < -0.39 is 0 Å². The van der Waals surface area contributed by atoms with Gasteiger partial charge in [0.05, 0.1) is 0 Å². The third-order valence-corrected chi connectivity index (χ3v) is 3.06. The fourth-order valence-corrected chi connectivity index (χ4v) is 2.16. The molecule has 1 aromatic rings. The van der Waals surface area contributed by atoms with Gasteiger partial charge in [0, 0.05) is 30.7 Å². The highest BCUT2D eigenvalue weighted by Crippen LogP contribution is 2.20. The van der Waals surface area contributed by atoms with Crippen LogP contribution in [0.3, 0.4) is 0 Å². The second-order valence-electron chi connectivity index (χ2n) is 3.14. The zero-order valence-corrected chi connectivity index (χ0v) is 7.76. The first-order valence-corrected chi connectivity index (χ1v) is 5.14. The Morgan fingerprint density at radius 2 is 2.25 bits per heavy atom. The molecule has 12 heavy (non-hydrogen) atoms. The standard InChI is InChI=1S/C8H13N3S/c9-7-1-4-11(5-2-7)8-10-3-6-12-8/h3,6-7H,1-2,4-5,9H2. The lowest BCUT2D eigenvalue weighted by molar-refractivity contribution is 0.501. The average molecular weight is 183 g/mol. The van der Waals surface area contributed by atoms with Gasteiger partial charge in [-0.15, -0.1) is 11.3 Å². The van der Waals surface area contributed by atoms with Gasteiger partial charge in [-0.3, -0.25) is 0 Å². The van der Waals surface area contributed by atoms with Gasteiger partial charge in [0.2, 0.25) is 0 Å². The number of nitrogens with two attached hydrogens (primary N) is 1. The Morgan fingerprint density at radius 1 is 1.50 bits per heavy atom. The first-order valence-electron chi connectivity index (χ1n) is 4.26. The second-order valence-corrected chi connectivity index (χ2v) is 4.01. The van der Waals surface area contributed by atoms with E-state index in [0.29, 0.717) is 6.04 Å². The van der Waals surface area contributed by atoms with Crippen molar-refractivity contribution in [1.29, 1.82) is 0 Å². The highest BCUT2D eigenvalue weighted by molar-refractivity contribution is 7.13. The van der Waals surface area contributed by atoms with Gasteiger partial charge in [0.1, 0.15) is 0 Å². The molecule has 1 fully saturated rings. The molecule has 0 saturated carbocycles. The molecule has 0 aliphatic carbocycles. The van der Waals surface area contributed by atoms with Gasteiger partial charge in [-0.05, 0) is 12.8 Å². The van der Waals surface area contributed by atoms with Crippen LogP contribution in [0, 0.1) is 0 Å². The first kappa shape index (κ1) is 8.01. The van der Waals surface area contributed by atoms with Gasteiger partial charge < -0.3 is 10.6 Å². The summed E-state index contributed by atoms with van der Waals surface area (Å²) in [5, 5.41) is 3.16. The number of hydrogen-bond acceptors (Lipinski definition) is 4. The number of piperidine rings is 1. The van der Waals surface area contributed by atoms with Crippen molar-refractivity contribution in [1.82, 2.24) is 4.98 Å². The van der Waals surface area contributed by atoms with Crippen LogP contribution < -0.4 is 10.6 Å². The van der Waals surface area contributed by atoms with Crippen LogP contribution in [0.1, 0.15) is 12.8 Å². The van der Waals surface area contributed by atoms with Crippen molar-refractivity contribution in [3.63, 3.8) is 0 Å². The largest absolute Gasteiger partial charge is 0.348 e. The molecule has 0 unspecified atom stereocenters. The Kier molecular flexibility index (Phi) is 2.28. The molecule has 66 valence electrons. The quantitative estimate of drug-likeness (QED) is 0.708. The number of thiazole rings is 1. The van der Waals surface area contributed by atoms with Crippen LogP contribution in [0.4, 0.5) is 5.13 Å². The maximum atomic E-state index is 5.81. The van der Waals surface area contributed by atoms with E-state index in [9.17, 15) is 0 Å². The molecule has 2 N–H and O–H groups in total. The fraction of sp³-hybridized carbons (Fsp3) is 0.625. The van der Waals surface area contributed by atoms with Crippen LogP contribution >= 0.6 is 11.3 Å². The molecule has 1 aromatic heterocycles. The summed E-state index contributed by atoms with van der Waals surface area (Å²) >= 11 is 1.70. The summed E-state index contributed by atoms with van der Waals surface area (Å²) in [4.78, 5) is 6.58. The van der Waals surface area contributed by atoms with E-state index in [1.54, 1.807) is 11.3 Å². The monoisotopic (exact) mass is 183 g/mol. The number of nitrogens with zero attached hydrogens (tertiary/aromatic N) is 2. The highest BCUT2D eigenvalue weighted by Gasteiger charge is 2.17. The Morgan fingerprint density at radius 3 is 2.83 bits per heavy atom. The fourth-order valence-electron chi connectivity index (χ4n) is 1.46. The molecule has 0 atom stereocenters. The molecule has 0 bridgehead atoms. The van der Waals surface area contributed by atoms with Crippen LogP contribution in [0.2, 0.25) is 0 Å². The van der Waals surface area contributed by atoms with Crippen molar-refractivity contribution in [3.8, 4) is 0 Å². The minimum Gasteiger partial charge on any atom is -0.348 e. The summed E-state index contributed by atoms with van der Waals surface area (Å²) in [6.07, 6.45) is 4.05. The van der Waals surface area contributed by atoms with Crippen LogP contribution in [-0.2, 0) is 0 Å². The van der Waals surface area contributed by atoms with E-state index in [1.165, 1.54) is 0 Å². The smallest absolute Gasteiger partial charge is 0.185 e. The molecule has 0 aromatic carbocycles. The second kappa shape index (κ2) is 3.41. The van der Waals surface area contributed by atoms with Crippen LogP contribution in [0.15, 0.2) is 11.6 Å². The van der Waals surface area contributed by atoms with E-state index in [4.69, 9.17) is 5.73 Å². The molecule has 0 amide bonds. The summed E-state index contributed by atoms with van der Waals surface area (Å²) in [5.41, 5.74) is 5.81. The van der Waals surface area contributed by atoms with Gasteiger partial charge >= 0.3 is 0 Å². The molecule has 4 heteroatoms. The van der Waals surface area contributed by atoms with Crippen molar-refractivity contribution in [2.45, 2.75) is 18.9 Å². The van der Waals surface area contributed by atoms with Gasteiger partial charge in [-0.1, -0.05) is 0 Å². The van der Waals surface area contributed by atoms with Gasteiger partial charge in [0.25, 0.3) is 0 Å². The van der Waals surface area contributed by atoms with E-state index >= 15 is 0 Å². The Balaban J connectivity index is 1.99. The number of hydrogen-bond donors (Lipinski definition) is 1. The first-order chi connectivity index (χ1) is 5.86. The van der Waals surface area contributed by atoms with Crippen molar-refractivity contribution in [2.24, 2.45) is 5.73 Å². The molecule has 2 rings (SSSR count). The van der Waals surface area contributed by atoms with Crippen LogP contribution in [0.25, 0.3) is 0 Å². The maximum absolute atomic E-state index is 5.81. The number of anilines is 1. The zero-order valence-electron chi connectivity index (χ0n) is 6.94. The predicted molar refractivity (Wildman–Crippen MR) is 51.5 cm³/mol. The number of rotatable bonds is 1. The third-order valence-electron chi connectivity index (χ3n) is 2.23. The predicted octanol–water partition coefficient (Wildman–Crippen LogP) is 1.07. The Labute approximate surface area is 76.2 Å². The average Bonchev–Trinajstić information content (AvgIpc) is 2.58. The van der Waals surface area contributed by atoms with Gasteiger partial charge in [-0.2, -0.15) is 0 Å². The molecular weight excluding hydrogens is 170 g/mol. The lowest BCUT2D eigenvalue weighted by Gasteiger charge is -2.29. The van der Waals surface area contributed by atoms with Crippen molar-refractivity contribution < 1.29 is 0 Å². The van der Waals surface area contributed by atoms with Gasteiger partial charge in [-0.25, -0.2) is 4.98 Å². The molecule has 0 radical (unpaired) electrons. The van der Waals surface area contributed by atoms with E-state index in [2.05, 4.69) is 9.88 Å². The number of aromatic nitrogens is 1. The summed E-state index contributed by atoms with van der Waals surface area (Å²) < 4.78 is 0. The Bertz CT molecular complexity index is 226. The normalized spacial score (nSPS) is 19.9. The highest BCUT2D eigenvalue weighted by atomic mass is 32.1. The van der Waals surface area contributed by atoms with Gasteiger partial charge in [0.15, 0.2) is 5.13 Å². The molecular formula is C8H13N3S. The molecule has 0 spiro atoms. The van der Waals surface area contributed by atoms with Crippen LogP contribution in [-0.4, -0.2) is 24.1 Å². The van der Waals surface area contributed by atoms with E-state index in [0.717, 1.165) is 31.1 Å². The Hall–Kier alpha value is -0.610. The third kappa shape index (κ3) is 1.59. The summed E-state index contributed by atoms with van der Waals surface area (Å²) in [6, 6.07) is 0.404. The summed E-state index contributed by atoms with van der Waals surface area (Å²) in [7, 11) is 0. The van der Waals surface area contributed by atoms with Crippen molar-refractivity contribution in [2.75, 3.05) is 18.0 Å². The van der Waals surface area contributed by atoms with E-state index in [-0.39, 0.29) is 0 Å². The zero-order chi connectivity index (χ0) is 8.39.